The first kappa shape index (κ1) is 9.86. The zero-order chi connectivity index (χ0) is 10.8. The third-order valence-corrected chi connectivity index (χ3v) is 2.24. The summed E-state index contributed by atoms with van der Waals surface area (Å²) in [5.41, 5.74) is 0.609. The summed E-state index contributed by atoms with van der Waals surface area (Å²) in [4.78, 5) is 10.5. The van der Waals surface area contributed by atoms with E-state index in [0.29, 0.717) is 11.8 Å². The van der Waals surface area contributed by atoms with Gasteiger partial charge in [-0.1, -0.05) is 16.8 Å². The molecule has 2 rings (SSSR count). The van der Waals surface area contributed by atoms with Crippen LogP contribution < -0.4 is 0 Å². The maximum absolute atomic E-state index is 12.6. The third kappa shape index (κ3) is 1.76. The number of hydrogen-bond acceptors (Lipinski definition) is 3. The molecule has 76 valence electrons. The van der Waals surface area contributed by atoms with Gasteiger partial charge in [0.05, 0.1) is 0 Å². The van der Waals surface area contributed by atoms with E-state index in [-0.39, 0.29) is 22.3 Å². The maximum Gasteiger partial charge on any atom is 0.186 e. The van der Waals surface area contributed by atoms with Gasteiger partial charge in [0.25, 0.3) is 0 Å². The first-order valence-electron chi connectivity index (χ1n) is 4.08. The van der Waals surface area contributed by atoms with Crippen molar-refractivity contribution in [3.8, 4) is 11.3 Å². The molecule has 3 nitrogen and oxygen atoms in total. The minimum atomic E-state index is -0.356. The largest absolute Gasteiger partial charge is 0.354 e. The van der Waals surface area contributed by atoms with Crippen LogP contribution >= 0.6 is 11.6 Å². The number of carbonyl (C=O) groups is 1. The van der Waals surface area contributed by atoms with E-state index in [9.17, 15) is 9.18 Å². The van der Waals surface area contributed by atoms with Crippen molar-refractivity contribution in [3.63, 3.8) is 0 Å². The van der Waals surface area contributed by atoms with E-state index in [1.54, 1.807) is 0 Å². The van der Waals surface area contributed by atoms with E-state index in [0.717, 1.165) is 0 Å². The van der Waals surface area contributed by atoms with Crippen LogP contribution in [-0.4, -0.2) is 11.4 Å². The fraction of sp³-hybridized carbons (Fsp3) is 0. The smallest absolute Gasteiger partial charge is 0.186 e. The van der Waals surface area contributed by atoms with Gasteiger partial charge in [-0.2, -0.15) is 0 Å². The second-order valence-corrected chi connectivity index (χ2v) is 3.21. The second kappa shape index (κ2) is 3.82. The van der Waals surface area contributed by atoms with Crippen LogP contribution in [0.4, 0.5) is 4.39 Å². The van der Waals surface area contributed by atoms with Crippen LogP contribution in [0.1, 0.15) is 10.5 Å². The van der Waals surface area contributed by atoms with Gasteiger partial charge in [-0.05, 0) is 24.3 Å². The number of benzene rings is 1. The van der Waals surface area contributed by atoms with E-state index >= 15 is 0 Å². The quantitative estimate of drug-likeness (QED) is 0.738. The molecule has 0 unspecified atom stereocenters. The Kier molecular flexibility index (Phi) is 2.51. The molecular formula is C10H5ClFNO2. The van der Waals surface area contributed by atoms with E-state index in [2.05, 4.69) is 5.16 Å². The fourth-order valence-corrected chi connectivity index (χ4v) is 1.37. The van der Waals surface area contributed by atoms with Crippen LogP contribution in [0.5, 0.6) is 0 Å². The van der Waals surface area contributed by atoms with Gasteiger partial charge in [0.2, 0.25) is 0 Å². The number of carbonyl (C=O) groups excluding carboxylic acids is 1. The van der Waals surface area contributed by atoms with Gasteiger partial charge in [0.1, 0.15) is 10.8 Å². The Morgan fingerprint density at radius 1 is 1.33 bits per heavy atom. The summed E-state index contributed by atoms with van der Waals surface area (Å²) in [7, 11) is 0. The van der Waals surface area contributed by atoms with Gasteiger partial charge in [0.15, 0.2) is 17.7 Å². The zero-order valence-corrected chi connectivity index (χ0v) is 8.16. The lowest BCUT2D eigenvalue weighted by Crippen LogP contribution is -1.79. The first-order chi connectivity index (χ1) is 7.22. The Balaban J connectivity index is 2.49. The van der Waals surface area contributed by atoms with E-state index in [1.165, 1.54) is 24.3 Å². The summed E-state index contributed by atoms with van der Waals surface area (Å²) < 4.78 is 17.5. The Labute approximate surface area is 89.4 Å². The van der Waals surface area contributed by atoms with Crippen LogP contribution in [0, 0.1) is 5.82 Å². The number of hydrogen-bond donors (Lipinski definition) is 0. The summed E-state index contributed by atoms with van der Waals surface area (Å²) in [6, 6.07) is 5.54. The van der Waals surface area contributed by atoms with Gasteiger partial charge in [-0.3, -0.25) is 4.79 Å². The molecule has 2 aromatic rings. The van der Waals surface area contributed by atoms with Crippen molar-refractivity contribution in [2.75, 3.05) is 0 Å². The number of halogens is 2. The summed E-state index contributed by atoms with van der Waals surface area (Å²) >= 11 is 5.82. The van der Waals surface area contributed by atoms with Crippen molar-refractivity contribution in [3.05, 3.63) is 40.8 Å². The van der Waals surface area contributed by atoms with Crippen LogP contribution in [-0.2, 0) is 0 Å². The van der Waals surface area contributed by atoms with Gasteiger partial charge >= 0.3 is 0 Å². The molecule has 1 aromatic heterocycles. The molecule has 0 fully saturated rings. The molecule has 15 heavy (non-hydrogen) atoms. The van der Waals surface area contributed by atoms with Crippen molar-refractivity contribution >= 4 is 17.9 Å². The first-order valence-corrected chi connectivity index (χ1v) is 4.46. The normalized spacial score (nSPS) is 10.3. The lowest BCUT2D eigenvalue weighted by Gasteiger charge is -1.95. The molecule has 0 aliphatic rings. The monoisotopic (exact) mass is 225 g/mol. The highest BCUT2D eigenvalue weighted by Gasteiger charge is 2.14. The van der Waals surface area contributed by atoms with Crippen LogP contribution in [0.3, 0.4) is 0 Å². The Bertz CT molecular complexity index is 493. The van der Waals surface area contributed by atoms with Crippen molar-refractivity contribution in [1.82, 2.24) is 5.16 Å². The van der Waals surface area contributed by atoms with Gasteiger partial charge in [-0.25, -0.2) is 4.39 Å². The van der Waals surface area contributed by atoms with Crippen LogP contribution in [0.25, 0.3) is 11.3 Å². The number of aldehydes is 1. The highest BCUT2D eigenvalue weighted by Crippen LogP contribution is 2.29. The molecule has 0 spiro atoms. The Morgan fingerprint density at radius 2 is 2.00 bits per heavy atom. The molecule has 1 aromatic carbocycles. The highest BCUT2D eigenvalue weighted by molar-refractivity contribution is 6.35. The second-order valence-electron chi connectivity index (χ2n) is 2.84. The average Bonchev–Trinajstić information content (AvgIpc) is 2.61. The van der Waals surface area contributed by atoms with Gasteiger partial charge in [-0.15, -0.1) is 0 Å². The molecule has 0 amide bonds. The summed E-state index contributed by atoms with van der Waals surface area (Å²) in [5, 5.41) is 3.60. The molecule has 5 heteroatoms. The third-order valence-electron chi connectivity index (χ3n) is 1.88. The summed E-state index contributed by atoms with van der Waals surface area (Å²) in [6.07, 6.45) is 0.499. The molecule has 0 saturated carbocycles. The minimum Gasteiger partial charge on any atom is -0.354 e. The van der Waals surface area contributed by atoms with E-state index in [1.807, 2.05) is 0 Å². The van der Waals surface area contributed by atoms with Gasteiger partial charge < -0.3 is 4.52 Å². The average molecular weight is 226 g/mol. The van der Waals surface area contributed by atoms with Crippen molar-refractivity contribution in [2.45, 2.75) is 0 Å². The topological polar surface area (TPSA) is 43.1 Å². The molecule has 0 atom stereocenters. The summed E-state index contributed by atoms with van der Waals surface area (Å²) in [5.74, 6) is -0.0937. The Hall–Kier alpha value is -1.68. The molecule has 0 radical (unpaired) electrons. The standard InChI is InChI=1S/C10H5ClFNO2/c11-9-8(5-14)13-15-10(9)6-1-3-7(12)4-2-6/h1-5H. The zero-order valence-electron chi connectivity index (χ0n) is 7.41. The van der Waals surface area contributed by atoms with Crippen LogP contribution in [0.15, 0.2) is 28.8 Å². The van der Waals surface area contributed by atoms with Crippen molar-refractivity contribution in [1.29, 1.82) is 0 Å². The molecule has 0 bridgehead atoms. The highest BCUT2D eigenvalue weighted by atomic mass is 35.5. The molecule has 0 aliphatic heterocycles. The van der Waals surface area contributed by atoms with Gasteiger partial charge in [0, 0.05) is 5.56 Å². The number of nitrogens with zero attached hydrogens (tertiary/aromatic N) is 1. The lowest BCUT2D eigenvalue weighted by molar-refractivity contribution is 0.111. The Morgan fingerprint density at radius 3 is 2.53 bits per heavy atom. The number of rotatable bonds is 2. The van der Waals surface area contributed by atoms with E-state index < -0.39 is 0 Å². The predicted octanol–water partition coefficient (Wildman–Crippen LogP) is 2.95. The SMILES string of the molecule is O=Cc1noc(-c2ccc(F)cc2)c1Cl. The molecule has 0 saturated heterocycles. The van der Waals surface area contributed by atoms with Crippen molar-refractivity contribution in [2.24, 2.45) is 0 Å². The predicted molar refractivity (Wildman–Crippen MR) is 52.3 cm³/mol. The number of aromatic nitrogens is 1. The maximum atomic E-state index is 12.6. The summed E-state index contributed by atoms with van der Waals surface area (Å²) in [6.45, 7) is 0. The fourth-order valence-electron chi connectivity index (χ4n) is 1.15. The lowest BCUT2D eigenvalue weighted by atomic mass is 10.1. The van der Waals surface area contributed by atoms with Crippen LogP contribution in [0.2, 0.25) is 5.02 Å². The molecule has 0 N–H and O–H groups in total. The molecule has 1 heterocycles. The molecular weight excluding hydrogens is 221 g/mol. The minimum absolute atomic E-state index is 0.0380. The van der Waals surface area contributed by atoms with E-state index in [4.69, 9.17) is 16.1 Å². The van der Waals surface area contributed by atoms with Crippen molar-refractivity contribution < 1.29 is 13.7 Å². The molecule has 0 aliphatic carbocycles.